The van der Waals surface area contributed by atoms with Crippen LogP contribution in [-0.4, -0.2) is 65.2 Å². The van der Waals surface area contributed by atoms with Crippen molar-refractivity contribution in [2.45, 2.75) is 24.3 Å². The molecule has 1 atom stereocenters. The average molecular weight is 481 g/mol. The minimum absolute atomic E-state index is 0.00718. The number of hydrogen-bond donors (Lipinski definition) is 3. The molecule has 0 bridgehead atoms. The van der Waals surface area contributed by atoms with Crippen molar-refractivity contribution in [2.24, 2.45) is 0 Å². The fourth-order valence-electron chi connectivity index (χ4n) is 2.77. The van der Waals surface area contributed by atoms with Crippen LogP contribution in [0.15, 0.2) is 47.4 Å². The van der Waals surface area contributed by atoms with E-state index in [-0.39, 0.29) is 36.8 Å². The van der Waals surface area contributed by atoms with Crippen LogP contribution in [0.4, 0.5) is 0 Å². The number of sulfonamides is 1. The lowest BCUT2D eigenvalue weighted by Crippen LogP contribution is -2.37. The summed E-state index contributed by atoms with van der Waals surface area (Å²) in [7, 11) is -0.857. The average Bonchev–Trinajstić information content (AvgIpc) is 2.80. The Hall–Kier alpha value is -3.15. The number of ketones is 1. The van der Waals surface area contributed by atoms with Gasteiger partial charge in [0.05, 0.1) is 19.1 Å². The Balaban J connectivity index is 1.76. The molecular weight excluding hydrogens is 452 g/mol. The zero-order valence-corrected chi connectivity index (χ0v) is 19.5. The minimum atomic E-state index is -3.82. The first-order valence-electron chi connectivity index (χ1n) is 10.1. The SMILES string of the molecule is COc1cccc(OC)c1OCC(O)CNC(=O)CCNS(=O)(=O)c1ccc(C(C)=O)cc1. The van der Waals surface area contributed by atoms with Crippen LogP contribution in [0.3, 0.4) is 0 Å². The van der Waals surface area contributed by atoms with Crippen LogP contribution in [0.2, 0.25) is 0 Å². The van der Waals surface area contributed by atoms with Gasteiger partial charge in [-0.1, -0.05) is 18.2 Å². The molecule has 0 aromatic heterocycles. The van der Waals surface area contributed by atoms with E-state index in [2.05, 4.69) is 10.0 Å². The van der Waals surface area contributed by atoms with E-state index in [9.17, 15) is 23.1 Å². The summed E-state index contributed by atoms with van der Waals surface area (Å²) in [6, 6.07) is 10.6. The van der Waals surface area contributed by atoms with Gasteiger partial charge in [-0.15, -0.1) is 0 Å². The van der Waals surface area contributed by atoms with E-state index >= 15 is 0 Å². The van der Waals surface area contributed by atoms with Gasteiger partial charge in [-0.3, -0.25) is 9.59 Å². The number of Topliss-reactive ketones (excluding diaryl/α,β-unsaturated/α-hetero) is 1. The molecule has 0 heterocycles. The van der Waals surface area contributed by atoms with Crippen molar-refractivity contribution in [3.63, 3.8) is 0 Å². The molecule has 0 aliphatic carbocycles. The Morgan fingerprint density at radius 2 is 1.64 bits per heavy atom. The standard InChI is InChI=1S/C22H28N2O8S/c1-15(25)16-7-9-18(10-8-16)33(28,29)24-12-11-21(27)23-13-17(26)14-32-22-19(30-2)5-4-6-20(22)31-3/h4-10,17,24,26H,11-14H2,1-3H3,(H,23,27). The first-order chi connectivity index (χ1) is 15.7. The lowest BCUT2D eigenvalue weighted by molar-refractivity contribution is -0.121. The molecule has 0 fully saturated rings. The molecule has 0 aliphatic heterocycles. The number of carbonyl (C=O) groups excluding carboxylic acids is 2. The summed E-state index contributed by atoms with van der Waals surface area (Å²) in [5.41, 5.74) is 0.403. The first kappa shape index (κ1) is 26.1. The Morgan fingerprint density at radius 3 is 2.18 bits per heavy atom. The third-order valence-corrected chi connectivity index (χ3v) is 6.03. The van der Waals surface area contributed by atoms with E-state index in [0.717, 1.165) is 0 Å². The Kier molecular flexibility index (Phi) is 9.64. The van der Waals surface area contributed by atoms with Crippen LogP contribution in [0.1, 0.15) is 23.7 Å². The predicted octanol–water partition coefficient (Wildman–Crippen LogP) is 1.13. The van der Waals surface area contributed by atoms with Crippen LogP contribution in [-0.2, 0) is 14.8 Å². The summed E-state index contributed by atoms with van der Waals surface area (Å²) in [6.45, 7) is 1.04. The summed E-state index contributed by atoms with van der Waals surface area (Å²) in [5.74, 6) is 0.595. The van der Waals surface area contributed by atoms with Gasteiger partial charge in [0.25, 0.3) is 0 Å². The maximum Gasteiger partial charge on any atom is 0.240 e. The lowest BCUT2D eigenvalue weighted by Gasteiger charge is -2.17. The van der Waals surface area contributed by atoms with E-state index in [0.29, 0.717) is 22.8 Å². The second-order valence-electron chi connectivity index (χ2n) is 6.99. The normalized spacial score (nSPS) is 12.0. The number of benzene rings is 2. The predicted molar refractivity (Wildman–Crippen MR) is 120 cm³/mol. The number of rotatable bonds is 13. The van der Waals surface area contributed by atoms with Gasteiger partial charge in [0.1, 0.15) is 12.7 Å². The zero-order valence-electron chi connectivity index (χ0n) is 18.7. The molecule has 0 aliphatic rings. The Morgan fingerprint density at radius 1 is 1.03 bits per heavy atom. The van der Waals surface area contributed by atoms with Crippen molar-refractivity contribution < 1.29 is 37.3 Å². The molecule has 0 spiro atoms. The molecule has 11 heteroatoms. The zero-order chi connectivity index (χ0) is 24.4. The first-order valence-corrected chi connectivity index (χ1v) is 11.6. The highest BCUT2D eigenvalue weighted by Crippen LogP contribution is 2.36. The maximum absolute atomic E-state index is 12.3. The molecule has 1 amide bonds. The highest BCUT2D eigenvalue weighted by molar-refractivity contribution is 7.89. The van der Waals surface area contributed by atoms with Crippen LogP contribution in [0.5, 0.6) is 17.2 Å². The van der Waals surface area contributed by atoms with Gasteiger partial charge >= 0.3 is 0 Å². The van der Waals surface area contributed by atoms with Gasteiger partial charge in [-0.2, -0.15) is 0 Å². The smallest absolute Gasteiger partial charge is 0.240 e. The van der Waals surface area contributed by atoms with Crippen molar-refractivity contribution in [3.8, 4) is 17.2 Å². The molecule has 2 aromatic carbocycles. The minimum Gasteiger partial charge on any atom is -0.493 e. The number of para-hydroxylation sites is 1. The van der Waals surface area contributed by atoms with Gasteiger partial charge < -0.3 is 24.6 Å². The molecule has 3 N–H and O–H groups in total. The molecule has 33 heavy (non-hydrogen) atoms. The van der Waals surface area contributed by atoms with Crippen molar-refractivity contribution >= 4 is 21.7 Å². The largest absolute Gasteiger partial charge is 0.493 e. The third kappa shape index (κ3) is 7.74. The molecule has 10 nitrogen and oxygen atoms in total. The van der Waals surface area contributed by atoms with E-state index < -0.39 is 22.0 Å². The van der Waals surface area contributed by atoms with Crippen molar-refractivity contribution in [3.05, 3.63) is 48.0 Å². The van der Waals surface area contributed by atoms with Crippen molar-refractivity contribution in [1.29, 1.82) is 0 Å². The number of ether oxygens (including phenoxy) is 3. The molecule has 180 valence electrons. The molecule has 0 radical (unpaired) electrons. The highest BCUT2D eigenvalue weighted by atomic mass is 32.2. The van der Waals surface area contributed by atoms with E-state index in [1.54, 1.807) is 18.2 Å². The summed E-state index contributed by atoms with van der Waals surface area (Å²) in [6.07, 6.45) is -1.14. The lowest BCUT2D eigenvalue weighted by atomic mass is 10.2. The number of amides is 1. The molecule has 0 saturated carbocycles. The Labute approximate surface area is 192 Å². The summed E-state index contributed by atoms with van der Waals surface area (Å²) >= 11 is 0. The molecule has 0 saturated heterocycles. The molecular formula is C22H28N2O8S. The summed E-state index contributed by atoms with van der Waals surface area (Å²) in [4.78, 5) is 23.3. The van der Waals surface area contributed by atoms with Crippen molar-refractivity contribution in [2.75, 3.05) is 33.9 Å². The van der Waals surface area contributed by atoms with Crippen LogP contribution in [0, 0.1) is 0 Å². The number of aliphatic hydroxyl groups is 1. The molecule has 2 rings (SSSR count). The number of methoxy groups -OCH3 is 2. The fraction of sp³-hybridized carbons (Fsp3) is 0.364. The monoisotopic (exact) mass is 480 g/mol. The second-order valence-corrected chi connectivity index (χ2v) is 8.76. The van der Waals surface area contributed by atoms with Gasteiger partial charge in [0.2, 0.25) is 21.7 Å². The fourth-order valence-corrected chi connectivity index (χ4v) is 3.80. The quantitative estimate of drug-likeness (QED) is 0.363. The maximum atomic E-state index is 12.3. The number of carbonyl (C=O) groups is 2. The van der Waals surface area contributed by atoms with Gasteiger partial charge in [0, 0.05) is 25.1 Å². The second kappa shape index (κ2) is 12.2. The van der Waals surface area contributed by atoms with Crippen LogP contribution < -0.4 is 24.2 Å². The van der Waals surface area contributed by atoms with E-state index in [4.69, 9.17) is 14.2 Å². The van der Waals surface area contributed by atoms with E-state index in [1.807, 2.05) is 0 Å². The van der Waals surface area contributed by atoms with Crippen LogP contribution in [0.25, 0.3) is 0 Å². The van der Waals surface area contributed by atoms with Crippen LogP contribution >= 0.6 is 0 Å². The van der Waals surface area contributed by atoms with E-state index in [1.165, 1.54) is 45.4 Å². The van der Waals surface area contributed by atoms with Gasteiger partial charge in [0.15, 0.2) is 17.3 Å². The van der Waals surface area contributed by atoms with Crippen molar-refractivity contribution in [1.82, 2.24) is 10.0 Å². The summed E-state index contributed by atoms with van der Waals surface area (Å²) in [5, 5.41) is 12.6. The Bertz CT molecular complexity index is 1030. The number of nitrogens with one attached hydrogen (secondary N) is 2. The van der Waals surface area contributed by atoms with Gasteiger partial charge in [-0.05, 0) is 31.2 Å². The van der Waals surface area contributed by atoms with Gasteiger partial charge in [-0.25, -0.2) is 13.1 Å². The molecule has 1 unspecified atom stereocenters. The number of hydrogen-bond acceptors (Lipinski definition) is 8. The molecule has 2 aromatic rings. The topological polar surface area (TPSA) is 140 Å². The third-order valence-electron chi connectivity index (χ3n) is 4.55. The number of aliphatic hydroxyl groups excluding tert-OH is 1. The highest BCUT2D eigenvalue weighted by Gasteiger charge is 2.16. The summed E-state index contributed by atoms with van der Waals surface area (Å²) < 4.78 is 42.9.